The Bertz CT molecular complexity index is 744. The van der Waals surface area contributed by atoms with Crippen molar-refractivity contribution in [1.29, 1.82) is 0 Å². The summed E-state index contributed by atoms with van der Waals surface area (Å²) in [4.78, 5) is 71.4. The van der Waals surface area contributed by atoms with Crippen LogP contribution in [0, 0.1) is 0 Å². The van der Waals surface area contributed by atoms with Crippen molar-refractivity contribution in [1.82, 2.24) is 20.4 Å². The summed E-state index contributed by atoms with van der Waals surface area (Å²) >= 11 is 0. The van der Waals surface area contributed by atoms with E-state index in [9.17, 15) is 28.8 Å². The fourth-order valence-corrected chi connectivity index (χ4v) is 2.67. The molecule has 1 aromatic carbocycles. The van der Waals surface area contributed by atoms with Gasteiger partial charge in [0.05, 0.1) is 13.1 Å². The first kappa shape index (κ1) is 17.3. The van der Waals surface area contributed by atoms with E-state index in [-0.39, 0.29) is 13.1 Å². The van der Waals surface area contributed by atoms with Crippen LogP contribution in [0.3, 0.4) is 0 Å². The topological polar surface area (TPSA) is 133 Å². The first-order valence-corrected chi connectivity index (χ1v) is 7.69. The largest absolute Gasteiger partial charge is 0.331 e. The number of urea groups is 2. The first-order chi connectivity index (χ1) is 12.3. The smallest absolute Gasteiger partial charge is 0.277 e. The highest BCUT2D eigenvalue weighted by Crippen LogP contribution is 2.15. The van der Waals surface area contributed by atoms with Crippen LogP contribution in [0.1, 0.15) is 24.0 Å². The zero-order valence-corrected chi connectivity index (χ0v) is 13.5. The lowest BCUT2D eigenvalue weighted by atomic mass is 10.1. The number of carbonyl (C=O) groups is 6. The standard InChI is InChI=1S/C16H14N4O6/c21-11-5-13(23)19(15(25)17-11)7-9-2-1-3-10(4-9)8-20-14(24)6-12(22)18-16(20)26/h1-4H,5-8H2,(H,17,21,25)(H,18,22,26). The molecule has 0 radical (unpaired) electrons. The third kappa shape index (κ3) is 3.58. The van der Waals surface area contributed by atoms with Gasteiger partial charge in [-0.3, -0.25) is 39.6 Å². The Morgan fingerprint density at radius 3 is 1.54 bits per heavy atom. The van der Waals surface area contributed by atoms with Crippen LogP contribution in [-0.2, 0) is 32.3 Å². The molecule has 0 aromatic heterocycles. The first-order valence-electron chi connectivity index (χ1n) is 7.69. The number of nitrogens with one attached hydrogen (secondary N) is 2. The van der Waals surface area contributed by atoms with Gasteiger partial charge in [0, 0.05) is 0 Å². The van der Waals surface area contributed by atoms with E-state index in [2.05, 4.69) is 10.6 Å². The Morgan fingerprint density at radius 1 is 0.731 bits per heavy atom. The van der Waals surface area contributed by atoms with Gasteiger partial charge < -0.3 is 0 Å². The van der Waals surface area contributed by atoms with Gasteiger partial charge >= 0.3 is 12.1 Å². The quantitative estimate of drug-likeness (QED) is 0.705. The molecule has 2 aliphatic rings. The number of rotatable bonds is 4. The highest BCUT2D eigenvalue weighted by molar-refractivity contribution is 6.14. The van der Waals surface area contributed by atoms with Crippen molar-refractivity contribution < 1.29 is 28.8 Å². The molecule has 0 atom stereocenters. The van der Waals surface area contributed by atoms with Crippen molar-refractivity contribution in [3.05, 3.63) is 35.4 Å². The SMILES string of the molecule is O=C1CC(=O)N(Cc2cccc(CN3C(=O)CC(=O)NC3=O)c2)C(=O)N1. The van der Waals surface area contributed by atoms with E-state index in [1.54, 1.807) is 24.3 Å². The molecule has 8 amide bonds. The molecular formula is C16H14N4O6. The molecule has 134 valence electrons. The molecule has 0 unspecified atom stereocenters. The van der Waals surface area contributed by atoms with Crippen molar-refractivity contribution in [2.45, 2.75) is 25.9 Å². The maximum absolute atomic E-state index is 11.8. The second-order valence-electron chi connectivity index (χ2n) is 5.84. The molecule has 0 saturated carbocycles. The van der Waals surface area contributed by atoms with E-state index in [1.807, 2.05) is 0 Å². The van der Waals surface area contributed by atoms with Gasteiger partial charge in [-0.05, 0) is 11.1 Å². The molecule has 2 heterocycles. The summed E-state index contributed by atoms with van der Waals surface area (Å²) in [5.41, 5.74) is 1.17. The number of nitrogens with zero attached hydrogens (tertiary/aromatic N) is 2. The fraction of sp³-hybridized carbons (Fsp3) is 0.250. The summed E-state index contributed by atoms with van der Waals surface area (Å²) in [7, 11) is 0. The molecule has 0 bridgehead atoms. The number of hydrogen-bond donors (Lipinski definition) is 2. The molecule has 10 nitrogen and oxygen atoms in total. The van der Waals surface area contributed by atoms with Gasteiger partial charge in [0.15, 0.2) is 0 Å². The van der Waals surface area contributed by atoms with Gasteiger partial charge in [-0.25, -0.2) is 9.59 Å². The number of carbonyl (C=O) groups excluding carboxylic acids is 6. The fourth-order valence-electron chi connectivity index (χ4n) is 2.67. The predicted octanol–water partition coefficient (Wildman–Crippen LogP) is -0.376. The molecule has 0 spiro atoms. The summed E-state index contributed by atoms with van der Waals surface area (Å²) < 4.78 is 0. The molecule has 2 N–H and O–H groups in total. The van der Waals surface area contributed by atoms with Crippen LogP contribution in [0.5, 0.6) is 0 Å². The molecular weight excluding hydrogens is 344 g/mol. The zero-order chi connectivity index (χ0) is 18.8. The highest BCUT2D eigenvalue weighted by atomic mass is 16.2. The van der Waals surface area contributed by atoms with Gasteiger partial charge in [0.2, 0.25) is 23.6 Å². The summed E-state index contributed by atoms with van der Waals surface area (Å²) in [6.07, 6.45) is -0.802. The van der Waals surface area contributed by atoms with Crippen LogP contribution in [0.4, 0.5) is 9.59 Å². The molecule has 2 aliphatic heterocycles. The maximum Gasteiger partial charge on any atom is 0.331 e. The normalized spacial score (nSPS) is 18.2. The highest BCUT2D eigenvalue weighted by Gasteiger charge is 2.32. The van der Waals surface area contributed by atoms with Gasteiger partial charge in [0.25, 0.3) is 0 Å². The number of amides is 8. The van der Waals surface area contributed by atoms with Crippen LogP contribution in [0.2, 0.25) is 0 Å². The molecule has 0 aliphatic carbocycles. The lowest BCUT2D eigenvalue weighted by Crippen LogP contribution is -2.52. The van der Waals surface area contributed by atoms with Crippen LogP contribution in [0.25, 0.3) is 0 Å². The van der Waals surface area contributed by atoms with E-state index in [0.29, 0.717) is 11.1 Å². The van der Waals surface area contributed by atoms with E-state index in [0.717, 1.165) is 9.80 Å². The van der Waals surface area contributed by atoms with Crippen molar-refractivity contribution >= 4 is 35.7 Å². The summed E-state index contributed by atoms with van der Waals surface area (Å²) in [5.74, 6) is -2.50. The average molecular weight is 358 g/mol. The van der Waals surface area contributed by atoms with Crippen molar-refractivity contribution in [3.63, 3.8) is 0 Å². The zero-order valence-electron chi connectivity index (χ0n) is 13.5. The second-order valence-corrected chi connectivity index (χ2v) is 5.84. The minimum Gasteiger partial charge on any atom is -0.277 e. The van der Waals surface area contributed by atoms with E-state index in [1.165, 1.54) is 0 Å². The van der Waals surface area contributed by atoms with Crippen molar-refractivity contribution in [2.75, 3.05) is 0 Å². The van der Waals surface area contributed by atoms with Crippen LogP contribution in [0.15, 0.2) is 24.3 Å². The second kappa shape index (κ2) is 6.75. The molecule has 1 aromatic rings. The Labute approximate surface area is 147 Å². The molecule has 26 heavy (non-hydrogen) atoms. The maximum atomic E-state index is 11.8. The monoisotopic (exact) mass is 358 g/mol. The van der Waals surface area contributed by atoms with E-state index in [4.69, 9.17) is 0 Å². The number of barbiturate groups is 2. The number of benzene rings is 1. The summed E-state index contributed by atoms with van der Waals surface area (Å²) in [6.45, 7) is -0.102. The average Bonchev–Trinajstić information content (AvgIpc) is 2.55. The minimum absolute atomic E-state index is 0.0512. The predicted molar refractivity (Wildman–Crippen MR) is 83.9 cm³/mol. The van der Waals surface area contributed by atoms with Crippen LogP contribution in [-0.4, -0.2) is 45.5 Å². The number of imide groups is 4. The lowest BCUT2D eigenvalue weighted by Gasteiger charge is -2.26. The third-order valence-electron chi connectivity index (χ3n) is 3.88. The molecule has 3 rings (SSSR count). The van der Waals surface area contributed by atoms with Gasteiger partial charge in [-0.1, -0.05) is 24.3 Å². The Balaban J connectivity index is 1.72. The number of hydrogen-bond acceptors (Lipinski definition) is 6. The van der Waals surface area contributed by atoms with Crippen molar-refractivity contribution in [2.24, 2.45) is 0 Å². The van der Waals surface area contributed by atoms with Gasteiger partial charge in [-0.2, -0.15) is 0 Å². The van der Waals surface area contributed by atoms with Gasteiger partial charge in [0.1, 0.15) is 12.8 Å². The summed E-state index contributed by atoms with van der Waals surface area (Å²) in [5, 5.41) is 4.13. The third-order valence-corrected chi connectivity index (χ3v) is 3.88. The van der Waals surface area contributed by atoms with E-state index < -0.39 is 48.5 Å². The van der Waals surface area contributed by atoms with Crippen LogP contribution < -0.4 is 10.6 Å². The molecule has 2 saturated heterocycles. The van der Waals surface area contributed by atoms with Gasteiger partial charge in [-0.15, -0.1) is 0 Å². The Kier molecular flexibility index (Phi) is 4.48. The Hall–Kier alpha value is -3.56. The summed E-state index contributed by atoms with van der Waals surface area (Å²) in [6, 6.07) is 5.04. The minimum atomic E-state index is -0.791. The molecule has 2 fully saturated rings. The Morgan fingerprint density at radius 2 is 1.15 bits per heavy atom. The van der Waals surface area contributed by atoms with Crippen LogP contribution >= 0.6 is 0 Å². The van der Waals surface area contributed by atoms with Crippen molar-refractivity contribution in [3.8, 4) is 0 Å². The van der Waals surface area contributed by atoms with E-state index >= 15 is 0 Å². The lowest BCUT2D eigenvalue weighted by molar-refractivity contribution is -0.138. The molecule has 10 heteroatoms.